The van der Waals surface area contributed by atoms with E-state index in [1.54, 1.807) is 13.8 Å². The summed E-state index contributed by atoms with van der Waals surface area (Å²) in [5.74, 6) is -6.42. The molecular formula is C22H34F4O3. The highest BCUT2D eigenvalue weighted by Crippen LogP contribution is 2.23. The molecule has 7 heteroatoms. The largest absolute Gasteiger partial charge is 0.330 e. The van der Waals surface area contributed by atoms with Gasteiger partial charge in [-0.15, -0.1) is 0 Å². The van der Waals surface area contributed by atoms with Crippen LogP contribution < -0.4 is 0 Å². The summed E-state index contributed by atoms with van der Waals surface area (Å²) in [5, 5.41) is 0. The summed E-state index contributed by atoms with van der Waals surface area (Å²) in [6, 6.07) is 0.686. The zero-order valence-corrected chi connectivity index (χ0v) is 17.7. The molecule has 0 saturated carbocycles. The molecule has 0 radical (unpaired) electrons. The normalized spacial score (nSPS) is 12.7. The van der Waals surface area contributed by atoms with Crippen molar-refractivity contribution in [3.63, 3.8) is 0 Å². The highest BCUT2D eigenvalue weighted by molar-refractivity contribution is 5.22. The molecule has 0 N–H and O–H groups in total. The second kappa shape index (κ2) is 14.7. The Bertz CT molecular complexity index is 578. The molecule has 1 aromatic rings. The Kier molecular flexibility index (Phi) is 13.1. The molecule has 0 aromatic heterocycles. The number of benzene rings is 1. The van der Waals surface area contributed by atoms with E-state index in [2.05, 4.69) is 6.92 Å². The van der Waals surface area contributed by atoms with Gasteiger partial charge in [-0.25, -0.2) is 17.6 Å². The van der Waals surface area contributed by atoms with Crippen LogP contribution in [0.1, 0.15) is 77.7 Å². The van der Waals surface area contributed by atoms with Gasteiger partial charge in [0.1, 0.15) is 0 Å². The lowest BCUT2D eigenvalue weighted by Gasteiger charge is -2.25. The second-order valence-corrected chi connectivity index (χ2v) is 7.03. The molecule has 0 spiro atoms. The molecule has 1 unspecified atom stereocenters. The van der Waals surface area contributed by atoms with E-state index < -0.39 is 35.8 Å². The number of hydrogen-bond acceptors (Lipinski definition) is 3. The number of rotatable bonds is 16. The molecule has 0 aliphatic carbocycles. The Morgan fingerprint density at radius 2 is 1.34 bits per heavy atom. The van der Waals surface area contributed by atoms with Crippen LogP contribution in [0.2, 0.25) is 0 Å². The Morgan fingerprint density at radius 1 is 0.759 bits per heavy atom. The van der Waals surface area contributed by atoms with E-state index in [-0.39, 0.29) is 12.0 Å². The molecule has 3 nitrogen and oxygen atoms in total. The third kappa shape index (κ3) is 9.45. The highest BCUT2D eigenvalue weighted by atomic mass is 19.2. The van der Waals surface area contributed by atoms with E-state index >= 15 is 0 Å². The van der Waals surface area contributed by atoms with E-state index in [4.69, 9.17) is 14.2 Å². The second-order valence-electron chi connectivity index (χ2n) is 7.03. The molecule has 1 rings (SSSR count). The van der Waals surface area contributed by atoms with Crippen molar-refractivity contribution < 1.29 is 31.8 Å². The van der Waals surface area contributed by atoms with Crippen LogP contribution in [0.4, 0.5) is 17.6 Å². The zero-order valence-electron chi connectivity index (χ0n) is 17.7. The van der Waals surface area contributed by atoms with Crippen LogP contribution in [-0.4, -0.2) is 25.8 Å². The third-order valence-corrected chi connectivity index (χ3v) is 4.66. The first-order valence-corrected chi connectivity index (χ1v) is 10.6. The van der Waals surface area contributed by atoms with Gasteiger partial charge in [-0.1, -0.05) is 51.9 Å². The number of hydrogen-bond donors (Lipinski definition) is 0. The lowest BCUT2D eigenvalue weighted by molar-refractivity contribution is -0.302. The van der Waals surface area contributed by atoms with Crippen LogP contribution in [0.3, 0.4) is 0 Å². The van der Waals surface area contributed by atoms with Crippen molar-refractivity contribution in [3.05, 3.63) is 34.9 Å². The van der Waals surface area contributed by atoms with Crippen LogP contribution in [0.5, 0.6) is 0 Å². The van der Waals surface area contributed by atoms with Crippen molar-refractivity contribution in [2.45, 2.75) is 91.1 Å². The summed E-state index contributed by atoms with van der Waals surface area (Å²) in [4.78, 5) is 0. The van der Waals surface area contributed by atoms with Crippen molar-refractivity contribution in [2.24, 2.45) is 0 Å². The highest BCUT2D eigenvalue weighted by Gasteiger charge is 2.23. The molecule has 168 valence electrons. The average molecular weight is 423 g/mol. The van der Waals surface area contributed by atoms with E-state index in [0.29, 0.717) is 25.7 Å². The molecule has 0 bridgehead atoms. The van der Waals surface area contributed by atoms with Gasteiger partial charge in [0, 0.05) is 19.6 Å². The molecule has 29 heavy (non-hydrogen) atoms. The van der Waals surface area contributed by atoms with Gasteiger partial charge in [0.2, 0.25) is 0 Å². The van der Waals surface area contributed by atoms with Gasteiger partial charge in [0.05, 0.1) is 6.10 Å². The first kappa shape index (κ1) is 25.9. The van der Waals surface area contributed by atoms with Crippen LogP contribution in [0.25, 0.3) is 0 Å². The van der Waals surface area contributed by atoms with E-state index in [1.807, 2.05) is 0 Å². The SMILES string of the molecule is CCCCCCCCCC(Cc1cc(F)c(F)c(F)c1F)OC(OCC)OCC. The van der Waals surface area contributed by atoms with Gasteiger partial charge >= 0.3 is 0 Å². The van der Waals surface area contributed by atoms with E-state index in [9.17, 15) is 17.6 Å². The fourth-order valence-electron chi connectivity index (χ4n) is 3.12. The summed E-state index contributed by atoms with van der Waals surface area (Å²) >= 11 is 0. The quantitative estimate of drug-likeness (QED) is 0.0979. The zero-order chi connectivity index (χ0) is 21.6. The molecule has 0 fully saturated rings. The van der Waals surface area contributed by atoms with Crippen LogP contribution >= 0.6 is 0 Å². The van der Waals surface area contributed by atoms with Gasteiger partial charge < -0.3 is 14.2 Å². The van der Waals surface area contributed by atoms with Gasteiger partial charge in [-0.2, -0.15) is 0 Å². The van der Waals surface area contributed by atoms with Crippen molar-refractivity contribution in [3.8, 4) is 0 Å². The van der Waals surface area contributed by atoms with Crippen molar-refractivity contribution in [1.29, 1.82) is 0 Å². The molecule has 0 amide bonds. The summed E-state index contributed by atoms with van der Waals surface area (Å²) in [6.45, 7) is 5.48. The summed E-state index contributed by atoms with van der Waals surface area (Å²) in [7, 11) is 0. The molecule has 0 heterocycles. The van der Waals surface area contributed by atoms with Gasteiger partial charge in [-0.3, -0.25) is 0 Å². The van der Waals surface area contributed by atoms with Crippen molar-refractivity contribution >= 4 is 0 Å². The minimum atomic E-state index is -1.81. The Hall–Kier alpha value is -1.18. The minimum Gasteiger partial charge on any atom is -0.330 e. The van der Waals surface area contributed by atoms with Gasteiger partial charge in [-0.05, 0) is 31.9 Å². The monoisotopic (exact) mass is 422 g/mol. The maximum absolute atomic E-state index is 14.1. The van der Waals surface area contributed by atoms with Crippen LogP contribution in [0.15, 0.2) is 6.07 Å². The maximum Gasteiger partial charge on any atom is 0.271 e. The lowest BCUT2D eigenvalue weighted by atomic mass is 10.0. The summed E-state index contributed by atoms with van der Waals surface area (Å²) in [5.41, 5.74) is -0.263. The molecule has 0 aliphatic heterocycles. The number of ether oxygens (including phenoxy) is 3. The summed E-state index contributed by atoms with van der Waals surface area (Å²) < 4.78 is 71.0. The Labute approximate surface area is 171 Å². The smallest absolute Gasteiger partial charge is 0.271 e. The summed E-state index contributed by atoms with van der Waals surface area (Å²) in [6.07, 6.45) is 7.50. The Morgan fingerprint density at radius 3 is 1.93 bits per heavy atom. The Balaban J connectivity index is 2.76. The van der Waals surface area contributed by atoms with Crippen molar-refractivity contribution in [1.82, 2.24) is 0 Å². The predicted octanol–water partition coefficient (Wildman–Crippen LogP) is 6.67. The van der Waals surface area contributed by atoms with E-state index in [0.717, 1.165) is 25.7 Å². The minimum absolute atomic E-state index is 0.105. The van der Waals surface area contributed by atoms with Gasteiger partial charge in [0.15, 0.2) is 23.3 Å². The molecule has 0 aliphatic rings. The average Bonchev–Trinajstić information content (AvgIpc) is 2.70. The third-order valence-electron chi connectivity index (χ3n) is 4.66. The van der Waals surface area contributed by atoms with E-state index in [1.165, 1.54) is 19.3 Å². The molecule has 1 atom stereocenters. The predicted molar refractivity (Wildman–Crippen MR) is 105 cm³/mol. The van der Waals surface area contributed by atoms with Crippen molar-refractivity contribution in [2.75, 3.05) is 13.2 Å². The molecule has 1 aromatic carbocycles. The topological polar surface area (TPSA) is 27.7 Å². The first-order chi connectivity index (χ1) is 13.9. The van der Waals surface area contributed by atoms with Crippen LogP contribution in [-0.2, 0) is 20.6 Å². The number of halogens is 4. The fraction of sp³-hybridized carbons (Fsp3) is 0.727. The van der Waals surface area contributed by atoms with Crippen LogP contribution in [0, 0.1) is 23.3 Å². The number of unbranched alkanes of at least 4 members (excludes halogenated alkanes) is 6. The first-order valence-electron chi connectivity index (χ1n) is 10.6. The van der Waals surface area contributed by atoms with Gasteiger partial charge in [0.25, 0.3) is 6.48 Å². The maximum atomic E-state index is 14.1. The standard InChI is InChI=1S/C22H34F4O3/c1-4-7-8-9-10-11-12-13-17(29-22(27-5-2)28-6-3)14-16-15-18(23)20(25)21(26)19(16)24/h15,17,22H,4-14H2,1-3H3. The fourth-order valence-corrected chi connectivity index (χ4v) is 3.12. The molecule has 0 saturated heterocycles. The lowest BCUT2D eigenvalue weighted by Crippen LogP contribution is -2.29. The molecular weight excluding hydrogens is 388 g/mol.